The summed E-state index contributed by atoms with van der Waals surface area (Å²) >= 11 is 5.76. The first-order valence-electron chi connectivity index (χ1n) is 7.45. The summed E-state index contributed by atoms with van der Waals surface area (Å²) in [5.74, 6) is 0.597. The quantitative estimate of drug-likeness (QED) is 0.670. The number of nitrogens with one attached hydrogen (secondary N) is 1. The Morgan fingerprint density at radius 3 is 2.90 bits per heavy atom. The molecule has 1 heterocycles. The molecule has 2 rings (SSSR count). The number of hydrogen-bond donors (Lipinski definition) is 1. The van der Waals surface area contributed by atoms with E-state index in [1.54, 1.807) is 0 Å². The van der Waals surface area contributed by atoms with Crippen LogP contribution in [0.5, 0.6) is 0 Å². The monoisotopic (exact) mass is 464 g/mol. The van der Waals surface area contributed by atoms with E-state index in [9.17, 15) is 4.79 Å². The molecule has 1 N–H and O–H groups in total. The van der Waals surface area contributed by atoms with Crippen LogP contribution in [0.4, 0.5) is 0 Å². The van der Waals surface area contributed by atoms with Crippen LogP contribution < -0.4 is 5.32 Å². The molecule has 0 saturated carbocycles. The normalized spacial score (nSPS) is 18.2. The number of benzene rings is 1. The van der Waals surface area contributed by atoms with Crippen molar-refractivity contribution in [2.75, 3.05) is 19.6 Å². The number of amides is 1. The van der Waals surface area contributed by atoms with Crippen LogP contribution in [0.25, 0.3) is 0 Å². The van der Waals surface area contributed by atoms with Crippen LogP contribution >= 0.6 is 38.5 Å². The molecule has 0 aromatic heterocycles. The van der Waals surface area contributed by atoms with Crippen LogP contribution in [-0.2, 0) is 0 Å². The molecular weight excluding hydrogens is 443 g/mol. The molecule has 1 aromatic carbocycles. The second-order valence-electron chi connectivity index (χ2n) is 6.02. The average Bonchev–Trinajstić information content (AvgIpc) is 2.92. The largest absolute Gasteiger partial charge is 0.337 e. The highest BCUT2D eigenvalue weighted by atomic mass is 127. The van der Waals surface area contributed by atoms with Gasteiger partial charge in [-0.15, -0.1) is 0 Å². The van der Waals surface area contributed by atoms with E-state index in [1.807, 2.05) is 23.1 Å². The fourth-order valence-corrected chi connectivity index (χ4v) is 3.60. The number of carbonyl (C=O) groups is 1. The van der Waals surface area contributed by atoms with Gasteiger partial charge in [-0.3, -0.25) is 4.79 Å². The fraction of sp³-hybridized carbons (Fsp3) is 0.562. The molecule has 1 aliphatic rings. The number of carbonyl (C=O) groups excluding carboxylic acids is 1. The summed E-state index contributed by atoms with van der Waals surface area (Å²) in [6, 6.07) is 6.36. The first-order valence-corrected chi connectivity index (χ1v) is 9.32. The molecule has 0 aliphatic carbocycles. The maximum atomic E-state index is 12.9. The fourth-order valence-electron chi connectivity index (χ4n) is 2.69. The minimum Gasteiger partial charge on any atom is -0.337 e. The molecule has 1 aromatic rings. The van der Waals surface area contributed by atoms with Crippen molar-refractivity contribution in [3.05, 3.63) is 31.8 Å². The van der Waals surface area contributed by atoms with Gasteiger partial charge in [0.15, 0.2) is 0 Å². The minimum absolute atomic E-state index is 0.128. The van der Waals surface area contributed by atoms with Crippen LogP contribution in [0, 0.1) is 9.49 Å². The summed E-state index contributed by atoms with van der Waals surface area (Å²) in [7, 11) is 0. The topological polar surface area (TPSA) is 32.3 Å². The zero-order chi connectivity index (χ0) is 15.4. The summed E-state index contributed by atoms with van der Waals surface area (Å²) in [5.41, 5.74) is 0.764. The molecule has 1 aliphatic heterocycles. The Balaban J connectivity index is 2.17. The van der Waals surface area contributed by atoms with Gasteiger partial charge in [0.25, 0.3) is 5.91 Å². The molecule has 0 radical (unpaired) electrons. The van der Waals surface area contributed by atoms with Crippen molar-refractivity contribution in [1.82, 2.24) is 10.2 Å². The van der Waals surface area contributed by atoms with E-state index < -0.39 is 0 Å². The average molecular weight is 465 g/mol. The zero-order valence-electron chi connectivity index (χ0n) is 12.5. The summed E-state index contributed by atoms with van der Waals surface area (Å²) in [5, 5.41) is 3.49. The highest BCUT2D eigenvalue weighted by Gasteiger charge is 2.24. The minimum atomic E-state index is 0.128. The van der Waals surface area contributed by atoms with Crippen LogP contribution in [0.15, 0.2) is 22.7 Å². The van der Waals surface area contributed by atoms with Crippen LogP contribution in [-0.4, -0.2) is 36.5 Å². The van der Waals surface area contributed by atoms with Crippen LogP contribution in [0.2, 0.25) is 0 Å². The van der Waals surface area contributed by atoms with E-state index in [-0.39, 0.29) is 5.91 Å². The van der Waals surface area contributed by atoms with Crippen molar-refractivity contribution in [3.8, 4) is 0 Å². The van der Waals surface area contributed by atoms with Gasteiger partial charge in [0.05, 0.1) is 5.56 Å². The van der Waals surface area contributed by atoms with Crippen LogP contribution in [0.1, 0.15) is 37.0 Å². The van der Waals surface area contributed by atoms with Gasteiger partial charge in [-0.2, -0.15) is 0 Å². The maximum absolute atomic E-state index is 12.9. The Morgan fingerprint density at radius 1 is 1.52 bits per heavy atom. The third kappa shape index (κ3) is 4.93. The predicted molar refractivity (Wildman–Crippen MR) is 98.6 cm³/mol. The van der Waals surface area contributed by atoms with Crippen molar-refractivity contribution >= 4 is 44.4 Å². The molecule has 116 valence electrons. The van der Waals surface area contributed by atoms with E-state index >= 15 is 0 Å². The van der Waals surface area contributed by atoms with E-state index in [4.69, 9.17) is 0 Å². The van der Waals surface area contributed by atoms with Gasteiger partial charge in [0.1, 0.15) is 0 Å². The zero-order valence-corrected chi connectivity index (χ0v) is 16.3. The van der Waals surface area contributed by atoms with Crippen LogP contribution in [0.3, 0.4) is 0 Å². The summed E-state index contributed by atoms with van der Waals surface area (Å²) < 4.78 is 1.96. The summed E-state index contributed by atoms with van der Waals surface area (Å²) in [6.07, 6.45) is 2.37. The number of halogens is 2. The molecule has 5 heteroatoms. The Kier molecular flexibility index (Phi) is 6.50. The molecule has 1 fully saturated rings. The standard InChI is InChI=1S/C16H22BrIN2O/c1-11(2)9-20(10-13-4-3-7-19-13)16(21)14-8-12(18)5-6-15(14)17/h5-6,8,11,13,19H,3-4,7,9-10H2,1-2H3. The second kappa shape index (κ2) is 7.92. The van der Waals surface area contributed by atoms with E-state index in [0.717, 1.165) is 39.7 Å². The van der Waals surface area contributed by atoms with Crippen molar-refractivity contribution in [2.45, 2.75) is 32.7 Å². The molecule has 0 bridgehead atoms. The number of nitrogens with zero attached hydrogens (tertiary/aromatic N) is 1. The molecule has 1 unspecified atom stereocenters. The van der Waals surface area contributed by atoms with Gasteiger partial charge < -0.3 is 10.2 Å². The van der Waals surface area contributed by atoms with Gasteiger partial charge in [0.2, 0.25) is 0 Å². The van der Waals surface area contributed by atoms with E-state index in [1.165, 1.54) is 6.42 Å². The van der Waals surface area contributed by atoms with Crippen molar-refractivity contribution < 1.29 is 4.79 Å². The van der Waals surface area contributed by atoms with Gasteiger partial charge in [0, 0.05) is 27.2 Å². The Labute approximate surface area is 149 Å². The first kappa shape index (κ1) is 17.2. The molecule has 1 amide bonds. The predicted octanol–water partition coefficient (Wildman–Crippen LogP) is 3.90. The molecule has 21 heavy (non-hydrogen) atoms. The lowest BCUT2D eigenvalue weighted by atomic mass is 10.1. The summed E-state index contributed by atoms with van der Waals surface area (Å²) in [4.78, 5) is 14.9. The lowest BCUT2D eigenvalue weighted by Gasteiger charge is -2.28. The smallest absolute Gasteiger partial charge is 0.255 e. The van der Waals surface area contributed by atoms with Crippen molar-refractivity contribution in [2.24, 2.45) is 5.92 Å². The number of hydrogen-bond acceptors (Lipinski definition) is 2. The molecule has 0 spiro atoms. The van der Waals surface area contributed by atoms with Gasteiger partial charge in [-0.1, -0.05) is 13.8 Å². The third-order valence-corrected chi connectivity index (χ3v) is 5.00. The summed E-state index contributed by atoms with van der Waals surface area (Å²) in [6.45, 7) is 6.99. The van der Waals surface area contributed by atoms with E-state index in [2.05, 4.69) is 57.7 Å². The van der Waals surface area contributed by atoms with Crippen molar-refractivity contribution in [3.63, 3.8) is 0 Å². The molecule has 3 nitrogen and oxygen atoms in total. The highest BCUT2D eigenvalue weighted by Crippen LogP contribution is 2.22. The molecular formula is C16H22BrIN2O. The first-order chi connectivity index (χ1) is 9.97. The van der Waals surface area contributed by atoms with Crippen molar-refractivity contribution in [1.29, 1.82) is 0 Å². The van der Waals surface area contributed by atoms with E-state index in [0.29, 0.717) is 12.0 Å². The third-order valence-electron chi connectivity index (χ3n) is 3.63. The maximum Gasteiger partial charge on any atom is 0.255 e. The molecule has 1 saturated heterocycles. The SMILES string of the molecule is CC(C)CN(CC1CCCN1)C(=O)c1cc(I)ccc1Br. The Hall–Kier alpha value is -0.140. The lowest BCUT2D eigenvalue weighted by Crippen LogP contribution is -2.43. The molecule has 1 atom stereocenters. The Morgan fingerprint density at radius 2 is 2.29 bits per heavy atom. The second-order valence-corrected chi connectivity index (χ2v) is 8.12. The van der Waals surface area contributed by atoms with Gasteiger partial charge >= 0.3 is 0 Å². The van der Waals surface area contributed by atoms with Gasteiger partial charge in [-0.25, -0.2) is 0 Å². The number of rotatable bonds is 5. The Bertz CT molecular complexity index is 501. The lowest BCUT2D eigenvalue weighted by molar-refractivity contribution is 0.0720. The van der Waals surface area contributed by atoms with Gasteiger partial charge in [-0.05, 0) is 82.0 Å². The highest BCUT2D eigenvalue weighted by molar-refractivity contribution is 14.1.